The lowest BCUT2D eigenvalue weighted by molar-refractivity contribution is -0.000660. The van der Waals surface area contributed by atoms with Crippen LogP contribution in [-0.4, -0.2) is 39.6 Å². The van der Waals surface area contributed by atoms with E-state index in [0.717, 1.165) is 48.1 Å². The number of hydrogen-bond donors (Lipinski definition) is 0. The number of aryl methyl sites for hydroxylation is 2. The van der Waals surface area contributed by atoms with Crippen LogP contribution in [-0.2, 0) is 18.4 Å². The minimum Gasteiger partial charge on any atom is -0.373 e. The molecule has 0 saturated carbocycles. The molecule has 0 bridgehead atoms. The van der Waals surface area contributed by atoms with Gasteiger partial charge >= 0.3 is 0 Å². The highest BCUT2D eigenvalue weighted by molar-refractivity contribution is 5.99. The summed E-state index contributed by atoms with van der Waals surface area (Å²) >= 11 is 0. The minimum absolute atomic E-state index is 0.110. The van der Waals surface area contributed by atoms with Crippen LogP contribution in [0.2, 0.25) is 0 Å². The van der Waals surface area contributed by atoms with Gasteiger partial charge in [0.1, 0.15) is 5.69 Å². The summed E-state index contributed by atoms with van der Waals surface area (Å²) in [5, 5.41) is 1.12. The number of carbonyl (C=O) groups excluding carboxylic acids is 1. The molecule has 0 spiro atoms. The molecule has 1 amide bonds. The summed E-state index contributed by atoms with van der Waals surface area (Å²) in [7, 11) is 1.98. The molecule has 2 aromatic heterocycles. The van der Waals surface area contributed by atoms with Gasteiger partial charge in [-0.3, -0.25) is 9.78 Å². The van der Waals surface area contributed by atoms with Crippen molar-refractivity contribution in [2.75, 3.05) is 13.1 Å². The third kappa shape index (κ3) is 3.60. The maximum Gasteiger partial charge on any atom is 0.270 e. The van der Waals surface area contributed by atoms with Gasteiger partial charge in [0.15, 0.2) is 0 Å². The number of pyridine rings is 1. The van der Waals surface area contributed by atoms with Crippen molar-refractivity contribution in [3.63, 3.8) is 0 Å². The normalized spacial score (nSPS) is 15.4. The smallest absolute Gasteiger partial charge is 0.270 e. The number of fused-ring (bicyclic) bond motifs is 1. The van der Waals surface area contributed by atoms with Crippen molar-refractivity contribution in [3.05, 3.63) is 65.6 Å². The van der Waals surface area contributed by atoms with Gasteiger partial charge in [0, 0.05) is 37.9 Å². The summed E-state index contributed by atoms with van der Waals surface area (Å²) in [6.07, 6.45) is 5.54. The fourth-order valence-electron chi connectivity index (χ4n) is 3.91. The Hall–Kier alpha value is -2.66. The summed E-state index contributed by atoms with van der Waals surface area (Å²) in [4.78, 5) is 19.1. The van der Waals surface area contributed by atoms with Gasteiger partial charge in [-0.25, -0.2) is 0 Å². The fourth-order valence-corrected chi connectivity index (χ4v) is 3.91. The van der Waals surface area contributed by atoms with Crippen LogP contribution >= 0.6 is 0 Å². The van der Waals surface area contributed by atoms with Crippen LogP contribution in [0.5, 0.6) is 0 Å². The Balaban J connectivity index is 1.39. The van der Waals surface area contributed by atoms with E-state index < -0.39 is 0 Å². The molecule has 0 atom stereocenters. The minimum atomic E-state index is 0.110. The molecule has 1 aromatic carbocycles. The molecule has 5 heteroatoms. The summed E-state index contributed by atoms with van der Waals surface area (Å²) in [5.41, 5.74) is 4.17. The van der Waals surface area contributed by atoms with Gasteiger partial charge in [-0.05, 0) is 43.0 Å². The van der Waals surface area contributed by atoms with Crippen molar-refractivity contribution in [3.8, 4) is 0 Å². The van der Waals surface area contributed by atoms with Gasteiger partial charge < -0.3 is 14.2 Å². The quantitative estimate of drug-likeness (QED) is 0.710. The molecule has 1 fully saturated rings. The summed E-state index contributed by atoms with van der Waals surface area (Å²) in [6, 6.07) is 12.1. The number of ether oxygens (including phenoxy) is 1. The van der Waals surface area contributed by atoms with Crippen LogP contribution < -0.4 is 0 Å². The van der Waals surface area contributed by atoms with Gasteiger partial charge in [0.2, 0.25) is 0 Å². The van der Waals surface area contributed by atoms with Crippen molar-refractivity contribution >= 4 is 16.8 Å². The SMILES string of the molecule is Cc1cccc2cc(C(=O)N3CCC(OCc4cccnc4)CC3)n(C)c12. The maximum absolute atomic E-state index is 13.0. The number of rotatable bonds is 4. The molecule has 0 N–H and O–H groups in total. The summed E-state index contributed by atoms with van der Waals surface area (Å²) in [5.74, 6) is 0.110. The molecule has 1 saturated heterocycles. The maximum atomic E-state index is 13.0. The molecular weight excluding hydrogens is 338 g/mol. The van der Waals surface area contributed by atoms with Gasteiger partial charge in [-0.1, -0.05) is 24.3 Å². The third-order valence-electron chi connectivity index (χ3n) is 5.41. The Morgan fingerprint density at radius 2 is 2.04 bits per heavy atom. The van der Waals surface area contributed by atoms with E-state index in [-0.39, 0.29) is 12.0 Å². The van der Waals surface area contributed by atoms with E-state index >= 15 is 0 Å². The topological polar surface area (TPSA) is 47.4 Å². The number of carbonyl (C=O) groups is 1. The summed E-state index contributed by atoms with van der Waals surface area (Å²) in [6.45, 7) is 4.13. The van der Waals surface area contributed by atoms with Crippen molar-refractivity contribution in [2.45, 2.75) is 32.5 Å². The molecule has 0 aliphatic carbocycles. The number of hydrogen-bond acceptors (Lipinski definition) is 3. The van der Waals surface area contributed by atoms with Crippen molar-refractivity contribution in [2.24, 2.45) is 7.05 Å². The Bertz CT molecular complexity index is 941. The Morgan fingerprint density at radius 3 is 2.74 bits per heavy atom. The molecule has 27 heavy (non-hydrogen) atoms. The van der Waals surface area contributed by atoms with Crippen LogP contribution in [0.15, 0.2) is 48.8 Å². The summed E-state index contributed by atoms with van der Waals surface area (Å²) < 4.78 is 8.03. The van der Waals surface area contributed by atoms with Crippen molar-refractivity contribution in [1.29, 1.82) is 0 Å². The second kappa shape index (κ2) is 7.53. The molecular formula is C22H25N3O2. The number of likely N-dealkylation sites (tertiary alicyclic amines) is 1. The van der Waals surface area contributed by atoms with E-state index in [0.29, 0.717) is 6.61 Å². The molecule has 1 aliphatic heterocycles. The van der Waals surface area contributed by atoms with Crippen LogP contribution in [0.4, 0.5) is 0 Å². The van der Waals surface area contributed by atoms with E-state index in [1.807, 2.05) is 47.0 Å². The number of benzene rings is 1. The second-order valence-electron chi connectivity index (χ2n) is 7.27. The van der Waals surface area contributed by atoms with Gasteiger partial charge in [0.05, 0.1) is 18.2 Å². The zero-order valence-corrected chi connectivity index (χ0v) is 15.9. The number of piperidine rings is 1. The van der Waals surface area contributed by atoms with E-state index in [9.17, 15) is 4.79 Å². The monoisotopic (exact) mass is 363 g/mol. The number of nitrogens with zero attached hydrogens (tertiary/aromatic N) is 3. The zero-order chi connectivity index (χ0) is 18.8. The Morgan fingerprint density at radius 1 is 1.22 bits per heavy atom. The molecule has 140 valence electrons. The van der Waals surface area contributed by atoms with Gasteiger partial charge in [-0.15, -0.1) is 0 Å². The van der Waals surface area contributed by atoms with Crippen LogP contribution in [0.25, 0.3) is 10.9 Å². The molecule has 0 radical (unpaired) electrons. The highest BCUT2D eigenvalue weighted by atomic mass is 16.5. The molecule has 4 rings (SSSR count). The highest BCUT2D eigenvalue weighted by Gasteiger charge is 2.26. The molecule has 1 aliphatic rings. The lowest BCUT2D eigenvalue weighted by atomic mass is 10.1. The standard InChI is InChI=1S/C22H25N3O2/c1-16-5-3-7-18-13-20(24(2)21(16)18)22(26)25-11-8-19(9-12-25)27-15-17-6-4-10-23-14-17/h3-7,10,13-14,19H,8-9,11-12,15H2,1-2H3. The largest absolute Gasteiger partial charge is 0.373 e. The number of amides is 1. The second-order valence-corrected chi connectivity index (χ2v) is 7.27. The van der Waals surface area contributed by atoms with E-state index in [4.69, 9.17) is 4.74 Å². The average molecular weight is 363 g/mol. The van der Waals surface area contributed by atoms with Crippen molar-refractivity contribution in [1.82, 2.24) is 14.5 Å². The molecule has 5 nitrogen and oxygen atoms in total. The Labute approximate surface area is 159 Å². The first-order valence-corrected chi connectivity index (χ1v) is 9.48. The fraction of sp³-hybridized carbons (Fsp3) is 0.364. The molecule has 0 unspecified atom stereocenters. The first-order chi connectivity index (χ1) is 13.1. The Kier molecular flexibility index (Phi) is 4.94. The zero-order valence-electron chi connectivity index (χ0n) is 15.9. The first-order valence-electron chi connectivity index (χ1n) is 9.48. The third-order valence-corrected chi connectivity index (χ3v) is 5.41. The van der Waals surface area contributed by atoms with Crippen molar-refractivity contribution < 1.29 is 9.53 Å². The lowest BCUT2D eigenvalue weighted by Crippen LogP contribution is -2.41. The van der Waals surface area contributed by atoms with Gasteiger partial charge in [-0.2, -0.15) is 0 Å². The molecule has 3 heterocycles. The van der Waals surface area contributed by atoms with Crippen LogP contribution in [0.1, 0.15) is 34.5 Å². The van der Waals surface area contributed by atoms with E-state index in [1.54, 1.807) is 6.20 Å². The van der Waals surface area contributed by atoms with Crippen LogP contribution in [0, 0.1) is 6.92 Å². The number of aromatic nitrogens is 2. The average Bonchev–Trinajstić information content (AvgIpc) is 3.05. The highest BCUT2D eigenvalue weighted by Crippen LogP contribution is 2.24. The predicted molar refractivity (Wildman–Crippen MR) is 106 cm³/mol. The van der Waals surface area contributed by atoms with E-state index in [1.165, 1.54) is 5.56 Å². The lowest BCUT2D eigenvalue weighted by Gasteiger charge is -2.32. The first kappa shape index (κ1) is 17.7. The van der Waals surface area contributed by atoms with Crippen LogP contribution in [0.3, 0.4) is 0 Å². The van der Waals surface area contributed by atoms with Gasteiger partial charge in [0.25, 0.3) is 5.91 Å². The molecule has 3 aromatic rings. The predicted octanol–water partition coefficient (Wildman–Crippen LogP) is 3.70. The van der Waals surface area contributed by atoms with E-state index in [2.05, 4.69) is 24.0 Å². The number of para-hydroxylation sites is 1.